The topological polar surface area (TPSA) is 102 Å². The second-order valence-corrected chi connectivity index (χ2v) is 8.58. The number of amides is 1. The average molecular weight is 357 g/mol. The third kappa shape index (κ3) is 3.96. The Kier molecular flexibility index (Phi) is 4.67. The fraction of sp³-hybridized carbons (Fsp3) is 0.733. The van der Waals surface area contributed by atoms with Gasteiger partial charge >= 0.3 is 0 Å². The molecule has 24 heavy (non-hydrogen) atoms. The molecule has 9 heteroatoms. The molecule has 0 saturated carbocycles. The van der Waals surface area contributed by atoms with Crippen LogP contribution < -0.4 is 4.72 Å². The van der Waals surface area contributed by atoms with Crippen LogP contribution in [0.2, 0.25) is 0 Å². The zero-order chi connectivity index (χ0) is 17.4. The molecule has 2 atom stereocenters. The van der Waals surface area contributed by atoms with E-state index in [9.17, 15) is 13.2 Å². The van der Waals surface area contributed by atoms with Crippen molar-refractivity contribution in [2.45, 2.75) is 44.3 Å². The van der Waals surface area contributed by atoms with Gasteiger partial charge in [0.15, 0.2) is 0 Å². The summed E-state index contributed by atoms with van der Waals surface area (Å²) in [5, 5.41) is 3.75. The van der Waals surface area contributed by atoms with Gasteiger partial charge in [0.25, 0.3) is 5.91 Å². The fourth-order valence-electron chi connectivity index (χ4n) is 3.45. The van der Waals surface area contributed by atoms with Crippen LogP contribution in [0, 0.1) is 6.92 Å². The number of ether oxygens (including phenoxy) is 1. The molecular weight excluding hydrogens is 334 g/mol. The number of aromatic nitrogens is 1. The third-order valence-electron chi connectivity index (χ3n) is 4.59. The van der Waals surface area contributed by atoms with Gasteiger partial charge in [-0.15, -0.1) is 0 Å². The van der Waals surface area contributed by atoms with E-state index in [1.165, 1.54) is 0 Å². The van der Waals surface area contributed by atoms with E-state index in [-0.39, 0.29) is 29.9 Å². The van der Waals surface area contributed by atoms with Gasteiger partial charge in [0.05, 0.1) is 30.2 Å². The van der Waals surface area contributed by atoms with Crippen molar-refractivity contribution in [1.29, 1.82) is 0 Å². The summed E-state index contributed by atoms with van der Waals surface area (Å²) < 4.78 is 36.2. The Labute approximate surface area is 141 Å². The maximum absolute atomic E-state index is 12.5. The van der Waals surface area contributed by atoms with E-state index in [1.54, 1.807) is 17.9 Å². The van der Waals surface area contributed by atoms with Crippen LogP contribution in [0.3, 0.4) is 0 Å². The van der Waals surface area contributed by atoms with Crippen LogP contribution >= 0.6 is 0 Å². The monoisotopic (exact) mass is 357 g/mol. The summed E-state index contributed by atoms with van der Waals surface area (Å²) in [5.74, 6) is 0.0723. The quantitative estimate of drug-likeness (QED) is 0.850. The zero-order valence-electron chi connectivity index (χ0n) is 13.9. The summed E-state index contributed by atoms with van der Waals surface area (Å²) in [6.45, 7) is 3.15. The number of sulfonamides is 1. The van der Waals surface area contributed by atoms with E-state index in [1.807, 2.05) is 0 Å². The Morgan fingerprint density at radius 3 is 2.96 bits per heavy atom. The first-order chi connectivity index (χ1) is 11.3. The lowest BCUT2D eigenvalue weighted by Gasteiger charge is -2.38. The SMILES string of the molecule is Cc1cc(C(=O)N2CC[C@]3(CCC[C@@H](CNS(C)(=O)=O)O3)C2)on1. The Hall–Kier alpha value is -1.45. The smallest absolute Gasteiger partial charge is 0.292 e. The second-order valence-electron chi connectivity index (χ2n) is 6.74. The van der Waals surface area contributed by atoms with E-state index in [0.717, 1.165) is 31.9 Å². The summed E-state index contributed by atoms with van der Waals surface area (Å²) in [5.41, 5.74) is 0.292. The number of aryl methyl sites for hydroxylation is 1. The molecule has 1 spiro atoms. The first-order valence-electron chi connectivity index (χ1n) is 8.11. The van der Waals surface area contributed by atoms with E-state index >= 15 is 0 Å². The molecule has 2 aliphatic rings. The Morgan fingerprint density at radius 1 is 1.50 bits per heavy atom. The zero-order valence-corrected chi connectivity index (χ0v) is 14.8. The minimum atomic E-state index is -3.23. The molecule has 8 nitrogen and oxygen atoms in total. The molecule has 2 fully saturated rings. The van der Waals surface area contributed by atoms with E-state index in [4.69, 9.17) is 9.26 Å². The number of rotatable bonds is 4. The second kappa shape index (κ2) is 6.45. The Bertz CT molecular complexity index is 716. The summed E-state index contributed by atoms with van der Waals surface area (Å²) >= 11 is 0. The molecule has 2 aliphatic heterocycles. The largest absolute Gasteiger partial charge is 0.368 e. The number of likely N-dealkylation sites (tertiary alicyclic amines) is 1. The average Bonchev–Trinajstić information content (AvgIpc) is 3.11. The lowest BCUT2D eigenvalue weighted by atomic mass is 9.90. The molecule has 134 valence electrons. The number of nitrogens with one attached hydrogen (secondary N) is 1. The molecular formula is C15H23N3O5S. The lowest BCUT2D eigenvalue weighted by Crippen LogP contribution is -2.47. The summed E-state index contributed by atoms with van der Waals surface area (Å²) in [6, 6.07) is 1.63. The van der Waals surface area contributed by atoms with Crippen LogP contribution in [-0.2, 0) is 14.8 Å². The predicted molar refractivity (Wildman–Crippen MR) is 86.1 cm³/mol. The van der Waals surface area contributed by atoms with Crippen molar-refractivity contribution >= 4 is 15.9 Å². The van der Waals surface area contributed by atoms with Crippen molar-refractivity contribution in [2.24, 2.45) is 0 Å². The maximum Gasteiger partial charge on any atom is 0.292 e. The molecule has 0 bridgehead atoms. The van der Waals surface area contributed by atoms with Crippen LogP contribution in [-0.4, -0.2) is 62.0 Å². The van der Waals surface area contributed by atoms with Crippen molar-refractivity contribution in [2.75, 3.05) is 25.9 Å². The third-order valence-corrected chi connectivity index (χ3v) is 5.28. The van der Waals surface area contributed by atoms with Gasteiger partial charge in [0.2, 0.25) is 15.8 Å². The molecule has 0 radical (unpaired) electrons. The highest BCUT2D eigenvalue weighted by Crippen LogP contribution is 2.37. The highest BCUT2D eigenvalue weighted by atomic mass is 32.2. The number of hydrogen-bond donors (Lipinski definition) is 1. The van der Waals surface area contributed by atoms with Gasteiger partial charge in [-0.25, -0.2) is 13.1 Å². The van der Waals surface area contributed by atoms with Crippen molar-refractivity contribution < 1.29 is 22.5 Å². The minimum Gasteiger partial charge on any atom is -0.368 e. The van der Waals surface area contributed by atoms with Gasteiger partial charge in [0.1, 0.15) is 0 Å². The predicted octanol–water partition coefficient (Wildman–Crippen LogP) is 0.686. The Morgan fingerprint density at radius 2 is 2.29 bits per heavy atom. The molecule has 1 aromatic heterocycles. The van der Waals surface area contributed by atoms with Crippen LogP contribution in [0.5, 0.6) is 0 Å². The van der Waals surface area contributed by atoms with Gasteiger partial charge in [-0.2, -0.15) is 0 Å². The molecule has 0 aromatic carbocycles. The van der Waals surface area contributed by atoms with Crippen molar-refractivity contribution in [3.8, 4) is 0 Å². The molecule has 0 aliphatic carbocycles. The fourth-order valence-corrected chi connectivity index (χ4v) is 3.94. The van der Waals surface area contributed by atoms with E-state index < -0.39 is 10.0 Å². The van der Waals surface area contributed by atoms with Gasteiger partial charge < -0.3 is 14.2 Å². The van der Waals surface area contributed by atoms with Gasteiger partial charge in [-0.3, -0.25) is 4.79 Å². The summed E-state index contributed by atoms with van der Waals surface area (Å²) in [7, 11) is -3.23. The highest BCUT2D eigenvalue weighted by molar-refractivity contribution is 7.88. The van der Waals surface area contributed by atoms with Crippen LogP contribution in [0.25, 0.3) is 0 Å². The van der Waals surface area contributed by atoms with Crippen molar-refractivity contribution in [3.05, 3.63) is 17.5 Å². The highest BCUT2D eigenvalue weighted by Gasteiger charge is 2.45. The summed E-state index contributed by atoms with van der Waals surface area (Å²) in [6.07, 6.45) is 4.39. The number of hydrogen-bond acceptors (Lipinski definition) is 6. The van der Waals surface area contributed by atoms with Gasteiger partial charge in [-0.1, -0.05) is 5.16 Å². The van der Waals surface area contributed by atoms with Crippen LogP contribution in [0.15, 0.2) is 10.6 Å². The standard InChI is InChI=1S/C15H23N3O5S/c1-11-8-13(23-17-11)14(19)18-7-6-15(10-18)5-3-4-12(22-15)9-16-24(2,20)21/h8,12,16H,3-7,9-10H2,1-2H3/t12-,15+/m0/s1. The number of nitrogens with zero attached hydrogens (tertiary/aromatic N) is 2. The molecule has 3 heterocycles. The van der Waals surface area contributed by atoms with Crippen molar-refractivity contribution in [1.82, 2.24) is 14.8 Å². The van der Waals surface area contributed by atoms with Crippen molar-refractivity contribution in [3.63, 3.8) is 0 Å². The molecule has 0 unspecified atom stereocenters. The molecule has 2 saturated heterocycles. The van der Waals surface area contributed by atoms with E-state index in [0.29, 0.717) is 18.8 Å². The number of carbonyl (C=O) groups excluding carboxylic acids is 1. The molecule has 1 aromatic rings. The maximum atomic E-state index is 12.5. The van der Waals surface area contributed by atoms with E-state index in [2.05, 4.69) is 9.88 Å². The van der Waals surface area contributed by atoms with Crippen LogP contribution in [0.4, 0.5) is 0 Å². The van der Waals surface area contributed by atoms with Gasteiger partial charge in [0, 0.05) is 19.2 Å². The molecule has 3 rings (SSSR count). The number of carbonyl (C=O) groups is 1. The minimum absolute atomic E-state index is 0.156. The lowest BCUT2D eigenvalue weighted by molar-refractivity contribution is -0.116. The first kappa shape index (κ1) is 17.4. The normalized spacial score (nSPS) is 27.8. The van der Waals surface area contributed by atoms with Crippen LogP contribution in [0.1, 0.15) is 41.9 Å². The molecule has 1 N–H and O–H groups in total. The molecule has 1 amide bonds. The summed E-state index contributed by atoms with van der Waals surface area (Å²) in [4.78, 5) is 14.2. The Balaban J connectivity index is 1.61. The first-order valence-corrected chi connectivity index (χ1v) is 10.0. The van der Waals surface area contributed by atoms with Gasteiger partial charge in [-0.05, 0) is 32.6 Å².